The van der Waals surface area contributed by atoms with Gasteiger partial charge in [-0.3, -0.25) is 0 Å². The molecule has 1 aliphatic rings. The van der Waals surface area contributed by atoms with E-state index in [1.807, 2.05) is 12.1 Å². The van der Waals surface area contributed by atoms with Crippen molar-refractivity contribution >= 4 is 21.4 Å². The maximum absolute atomic E-state index is 11.9. The Bertz CT molecular complexity index is 722. The molecule has 0 amide bonds. The SMILES string of the molecule is CC(C)(C)S(=O)(=O)NCCCCCNc1ccc2c(c1)CC/C2=N\O. The Hall–Kier alpha value is -1.60. The smallest absolute Gasteiger partial charge is 0.216 e. The van der Waals surface area contributed by atoms with Crippen molar-refractivity contribution in [2.45, 2.75) is 57.6 Å². The molecule has 3 N–H and O–H groups in total. The second kappa shape index (κ2) is 8.19. The summed E-state index contributed by atoms with van der Waals surface area (Å²) in [7, 11) is -3.24. The number of rotatable bonds is 8. The molecule has 140 valence electrons. The van der Waals surface area contributed by atoms with Crippen molar-refractivity contribution in [1.29, 1.82) is 0 Å². The summed E-state index contributed by atoms with van der Waals surface area (Å²) in [4.78, 5) is 0. The van der Waals surface area contributed by atoms with E-state index in [0.29, 0.717) is 6.54 Å². The van der Waals surface area contributed by atoms with Crippen molar-refractivity contribution in [3.05, 3.63) is 29.3 Å². The Balaban J connectivity index is 1.66. The zero-order chi connectivity index (χ0) is 18.5. The number of nitrogens with one attached hydrogen (secondary N) is 2. The maximum Gasteiger partial charge on any atom is 0.216 e. The number of unbranched alkanes of at least 4 members (excludes halogenated alkanes) is 2. The van der Waals surface area contributed by atoms with Crippen LogP contribution in [0.15, 0.2) is 23.4 Å². The summed E-state index contributed by atoms with van der Waals surface area (Å²) >= 11 is 0. The van der Waals surface area contributed by atoms with Crippen molar-refractivity contribution in [2.24, 2.45) is 5.16 Å². The molecular weight excluding hydrogens is 338 g/mol. The predicted molar refractivity (Wildman–Crippen MR) is 102 cm³/mol. The maximum atomic E-state index is 11.9. The van der Waals surface area contributed by atoms with Crippen molar-refractivity contribution in [2.75, 3.05) is 18.4 Å². The predicted octanol–water partition coefficient (Wildman–Crippen LogP) is 3.11. The molecule has 0 atom stereocenters. The van der Waals surface area contributed by atoms with E-state index in [-0.39, 0.29) is 0 Å². The van der Waals surface area contributed by atoms with E-state index >= 15 is 0 Å². The highest BCUT2D eigenvalue weighted by molar-refractivity contribution is 7.90. The molecule has 0 bridgehead atoms. The van der Waals surface area contributed by atoms with Crippen LogP contribution in [0.1, 0.15) is 57.6 Å². The normalized spacial score (nSPS) is 16.2. The lowest BCUT2D eigenvalue weighted by atomic mass is 10.1. The van der Waals surface area contributed by atoms with Gasteiger partial charge in [0.05, 0.1) is 10.5 Å². The average molecular weight is 368 g/mol. The summed E-state index contributed by atoms with van der Waals surface area (Å²) < 4.78 is 25.7. The summed E-state index contributed by atoms with van der Waals surface area (Å²) in [6.07, 6.45) is 4.49. The van der Waals surface area contributed by atoms with Crippen LogP contribution in [0.25, 0.3) is 0 Å². The minimum atomic E-state index is -3.24. The largest absolute Gasteiger partial charge is 0.411 e. The summed E-state index contributed by atoms with van der Waals surface area (Å²) in [6.45, 7) is 6.44. The molecule has 6 nitrogen and oxygen atoms in total. The molecule has 1 aromatic rings. The molecule has 0 aromatic heterocycles. The van der Waals surface area contributed by atoms with E-state index in [1.54, 1.807) is 20.8 Å². The van der Waals surface area contributed by atoms with Gasteiger partial charge in [0.1, 0.15) is 0 Å². The van der Waals surface area contributed by atoms with Crippen LogP contribution in [0, 0.1) is 0 Å². The molecule has 1 aromatic carbocycles. The second-order valence-corrected chi connectivity index (χ2v) is 9.94. The lowest BCUT2D eigenvalue weighted by Gasteiger charge is -2.19. The van der Waals surface area contributed by atoms with Gasteiger partial charge in [0.15, 0.2) is 0 Å². The van der Waals surface area contributed by atoms with E-state index in [0.717, 1.165) is 55.6 Å². The van der Waals surface area contributed by atoms with Crippen molar-refractivity contribution in [1.82, 2.24) is 4.72 Å². The van der Waals surface area contributed by atoms with Gasteiger partial charge in [0.2, 0.25) is 10.0 Å². The lowest BCUT2D eigenvalue weighted by Crippen LogP contribution is -2.39. The molecule has 0 saturated carbocycles. The van der Waals surface area contributed by atoms with Crippen LogP contribution in [0.4, 0.5) is 5.69 Å². The van der Waals surface area contributed by atoms with Crippen LogP contribution < -0.4 is 10.0 Å². The van der Waals surface area contributed by atoms with E-state index in [4.69, 9.17) is 5.21 Å². The van der Waals surface area contributed by atoms with Crippen LogP contribution in [-0.2, 0) is 16.4 Å². The molecule has 0 aliphatic heterocycles. The molecule has 25 heavy (non-hydrogen) atoms. The van der Waals surface area contributed by atoms with Crippen LogP contribution in [0.2, 0.25) is 0 Å². The second-order valence-electron chi connectivity index (χ2n) is 7.42. The zero-order valence-corrected chi connectivity index (χ0v) is 16.1. The summed E-state index contributed by atoms with van der Waals surface area (Å²) in [5.74, 6) is 0. The van der Waals surface area contributed by atoms with Crippen LogP contribution in [0.3, 0.4) is 0 Å². The molecule has 0 unspecified atom stereocenters. The molecule has 2 rings (SSSR count). The van der Waals surface area contributed by atoms with E-state index in [9.17, 15) is 8.42 Å². The number of sulfonamides is 1. The molecule has 0 fully saturated rings. The van der Waals surface area contributed by atoms with Gasteiger partial charge in [0, 0.05) is 24.3 Å². The van der Waals surface area contributed by atoms with Gasteiger partial charge in [-0.25, -0.2) is 13.1 Å². The first kappa shape index (κ1) is 19.7. The van der Waals surface area contributed by atoms with Gasteiger partial charge in [-0.15, -0.1) is 0 Å². The van der Waals surface area contributed by atoms with Crippen LogP contribution in [-0.4, -0.2) is 37.2 Å². The van der Waals surface area contributed by atoms with E-state index in [1.165, 1.54) is 5.56 Å². The summed E-state index contributed by atoms with van der Waals surface area (Å²) in [5, 5.41) is 15.7. The minimum absolute atomic E-state index is 0.488. The number of benzene rings is 1. The van der Waals surface area contributed by atoms with Gasteiger partial charge in [0.25, 0.3) is 0 Å². The average Bonchev–Trinajstić information content (AvgIpc) is 2.95. The number of nitrogens with zero attached hydrogens (tertiary/aromatic N) is 1. The molecule has 0 saturated heterocycles. The third kappa shape index (κ3) is 5.19. The first-order chi connectivity index (χ1) is 11.7. The third-order valence-electron chi connectivity index (χ3n) is 4.45. The van der Waals surface area contributed by atoms with Crippen molar-refractivity contribution in [3.63, 3.8) is 0 Å². The zero-order valence-electron chi connectivity index (χ0n) is 15.3. The fourth-order valence-corrected chi connectivity index (χ4v) is 3.61. The first-order valence-corrected chi connectivity index (χ1v) is 10.3. The number of hydrogen-bond acceptors (Lipinski definition) is 5. The standard InChI is InChI=1S/C18H29N3O3S/c1-18(2,3)25(23,24)20-12-6-4-5-11-19-15-8-9-16-14(13-15)7-10-17(16)21-22/h8-9,13,19-20,22H,4-7,10-12H2,1-3H3/b21-17+. The number of hydrogen-bond donors (Lipinski definition) is 3. The van der Waals surface area contributed by atoms with E-state index in [2.05, 4.69) is 21.3 Å². The van der Waals surface area contributed by atoms with Gasteiger partial charge >= 0.3 is 0 Å². The van der Waals surface area contributed by atoms with E-state index < -0.39 is 14.8 Å². The van der Waals surface area contributed by atoms with Gasteiger partial charge in [-0.1, -0.05) is 17.6 Å². The third-order valence-corrected chi connectivity index (χ3v) is 6.65. The topological polar surface area (TPSA) is 90.8 Å². The van der Waals surface area contributed by atoms with Crippen molar-refractivity contribution in [3.8, 4) is 0 Å². The highest BCUT2D eigenvalue weighted by atomic mass is 32.2. The number of fused-ring (bicyclic) bond motifs is 1. The number of anilines is 1. The first-order valence-electron chi connectivity index (χ1n) is 8.82. The number of aryl methyl sites for hydroxylation is 1. The molecule has 0 spiro atoms. The minimum Gasteiger partial charge on any atom is -0.411 e. The molecule has 1 aliphatic carbocycles. The lowest BCUT2D eigenvalue weighted by molar-refractivity contribution is 0.318. The molecular formula is C18H29N3O3S. The quantitative estimate of drug-likeness (QED) is 0.374. The Kier molecular flexibility index (Phi) is 6.46. The van der Waals surface area contributed by atoms with Gasteiger partial charge in [-0.2, -0.15) is 0 Å². The molecule has 0 heterocycles. The Morgan fingerprint density at radius 1 is 1.12 bits per heavy atom. The summed E-state index contributed by atoms with van der Waals surface area (Å²) in [5.41, 5.74) is 4.10. The Labute approximate surface area is 150 Å². The fourth-order valence-electron chi connectivity index (χ4n) is 2.77. The Morgan fingerprint density at radius 2 is 1.84 bits per heavy atom. The molecule has 0 radical (unpaired) electrons. The molecule has 7 heteroatoms. The Morgan fingerprint density at radius 3 is 2.52 bits per heavy atom. The number of oxime groups is 1. The highest BCUT2D eigenvalue weighted by Crippen LogP contribution is 2.25. The highest BCUT2D eigenvalue weighted by Gasteiger charge is 2.27. The van der Waals surface area contributed by atoms with Gasteiger partial charge in [-0.05, 0) is 64.2 Å². The monoisotopic (exact) mass is 367 g/mol. The van der Waals surface area contributed by atoms with Crippen LogP contribution in [0.5, 0.6) is 0 Å². The van der Waals surface area contributed by atoms with Crippen LogP contribution >= 0.6 is 0 Å². The van der Waals surface area contributed by atoms with Gasteiger partial charge < -0.3 is 10.5 Å². The fraction of sp³-hybridized carbons (Fsp3) is 0.611. The van der Waals surface area contributed by atoms with Crippen molar-refractivity contribution < 1.29 is 13.6 Å². The summed E-state index contributed by atoms with van der Waals surface area (Å²) in [6, 6.07) is 6.12.